The Hall–Kier alpha value is -1.36. The number of carbonyl (C=O) groups is 1. The van der Waals surface area contributed by atoms with Crippen LogP contribution in [0.1, 0.15) is 29.8 Å². The van der Waals surface area contributed by atoms with Gasteiger partial charge in [-0.05, 0) is 32.3 Å². The average molecular weight is 264 g/mol. The molecule has 0 aromatic carbocycles. The first-order chi connectivity index (χ1) is 9.09. The predicted molar refractivity (Wildman–Crippen MR) is 75.1 cm³/mol. The van der Waals surface area contributed by atoms with Crippen molar-refractivity contribution >= 4 is 5.91 Å². The highest BCUT2D eigenvalue weighted by atomic mass is 16.2. The van der Waals surface area contributed by atoms with E-state index < -0.39 is 0 Å². The van der Waals surface area contributed by atoms with Gasteiger partial charge in [-0.2, -0.15) is 5.10 Å². The Balaban J connectivity index is 1.81. The van der Waals surface area contributed by atoms with Crippen LogP contribution in [0.25, 0.3) is 0 Å². The lowest BCUT2D eigenvalue weighted by Crippen LogP contribution is -2.46. The Kier molecular flexibility index (Phi) is 4.58. The van der Waals surface area contributed by atoms with Crippen LogP contribution in [0.2, 0.25) is 0 Å². The number of amides is 1. The summed E-state index contributed by atoms with van der Waals surface area (Å²) in [4.78, 5) is 14.0. The van der Waals surface area contributed by atoms with Crippen molar-refractivity contribution in [3.05, 3.63) is 17.0 Å². The molecule has 0 bridgehead atoms. The summed E-state index contributed by atoms with van der Waals surface area (Å²) in [5, 5.41) is 7.68. The van der Waals surface area contributed by atoms with E-state index in [1.807, 2.05) is 23.6 Å². The zero-order valence-electron chi connectivity index (χ0n) is 12.2. The Morgan fingerprint density at radius 1 is 1.32 bits per heavy atom. The maximum Gasteiger partial charge on any atom is 0.222 e. The van der Waals surface area contributed by atoms with E-state index in [0.717, 1.165) is 44.7 Å². The third-order valence-electron chi connectivity index (χ3n) is 3.95. The summed E-state index contributed by atoms with van der Waals surface area (Å²) in [6, 6.07) is 0. The van der Waals surface area contributed by atoms with Gasteiger partial charge in [-0.25, -0.2) is 0 Å². The van der Waals surface area contributed by atoms with Gasteiger partial charge in [0.1, 0.15) is 0 Å². The van der Waals surface area contributed by atoms with Crippen LogP contribution < -0.4 is 5.32 Å². The maximum absolute atomic E-state index is 12.0. The molecule has 1 saturated heterocycles. The smallest absolute Gasteiger partial charge is 0.222 e. The Labute approximate surface area is 115 Å². The largest absolute Gasteiger partial charge is 0.340 e. The molecule has 0 aliphatic carbocycles. The highest BCUT2D eigenvalue weighted by Crippen LogP contribution is 2.15. The number of hydrogen-bond donors (Lipinski definition) is 1. The Bertz CT molecular complexity index is 447. The molecule has 1 fully saturated rings. The predicted octanol–water partition coefficient (Wildman–Crippen LogP) is 0.791. The van der Waals surface area contributed by atoms with Crippen LogP contribution >= 0.6 is 0 Å². The second-order valence-corrected chi connectivity index (χ2v) is 5.26. The molecule has 2 heterocycles. The number of rotatable bonds is 4. The van der Waals surface area contributed by atoms with Gasteiger partial charge >= 0.3 is 0 Å². The van der Waals surface area contributed by atoms with Crippen LogP contribution in [-0.2, 0) is 18.3 Å². The second-order valence-electron chi connectivity index (χ2n) is 5.26. The van der Waals surface area contributed by atoms with Crippen LogP contribution in [0.3, 0.4) is 0 Å². The van der Waals surface area contributed by atoms with Gasteiger partial charge in [0.2, 0.25) is 5.91 Å². The topological polar surface area (TPSA) is 50.2 Å². The summed E-state index contributed by atoms with van der Waals surface area (Å²) in [6.45, 7) is 7.68. The van der Waals surface area contributed by atoms with Gasteiger partial charge in [0.15, 0.2) is 0 Å². The van der Waals surface area contributed by atoms with Crippen molar-refractivity contribution in [2.75, 3.05) is 26.2 Å². The summed E-state index contributed by atoms with van der Waals surface area (Å²) in [5.41, 5.74) is 3.61. The van der Waals surface area contributed by atoms with Crippen LogP contribution in [-0.4, -0.2) is 46.8 Å². The molecule has 1 aromatic rings. The summed E-state index contributed by atoms with van der Waals surface area (Å²) >= 11 is 0. The molecule has 0 radical (unpaired) electrons. The first kappa shape index (κ1) is 14.1. The fraction of sp³-hybridized carbons (Fsp3) is 0.714. The molecular formula is C14H24N4O. The van der Waals surface area contributed by atoms with Crippen molar-refractivity contribution in [2.24, 2.45) is 7.05 Å². The minimum Gasteiger partial charge on any atom is -0.340 e. The van der Waals surface area contributed by atoms with Gasteiger partial charge in [-0.1, -0.05) is 0 Å². The molecule has 1 aromatic heterocycles. The lowest BCUT2D eigenvalue weighted by atomic mass is 10.1. The Morgan fingerprint density at radius 2 is 2.00 bits per heavy atom. The van der Waals surface area contributed by atoms with E-state index in [0.29, 0.717) is 12.3 Å². The van der Waals surface area contributed by atoms with Crippen molar-refractivity contribution in [3.8, 4) is 0 Å². The highest BCUT2D eigenvalue weighted by molar-refractivity contribution is 5.76. The molecule has 1 amide bonds. The fourth-order valence-corrected chi connectivity index (χ4v) is 2.67. The number of hydrogen-bond acceptors (Lipinski definition) is 3. The van der Waals surface area contributed by atoms with E-state index in [9.17, 15) is 4.79 Å². The van der Waals surface area contributed by atoms with Crippen LogP contribution in [0.5, 0.6) is 0 Å². The standard InChI is InChI=1S/C14H24N4O/c1-11-13(12(2)17(3)16-11)5-4-6-14(19)18-9-7-15-8-10-18/h15H,4-10H2,1-3H3. The zero-order chi connectivity index (χ0) is 13.8. The molecule has 19 heavy (non-hydrogen) atoms. The normalized spacial score (nSPS) is 15.8. The van der Waals surface area contributed by atoms with E-state index in [1.165, 1.54) is 11.3 Å². The average Bonchev–Trinajstić information content (AvgIpc) is 2.66. The fourth-order valence-electron chi connectivity index (χ4n) is 2.67. The van der Waals surface area contributed by atoms with Crippen LogP contribution in [0, 0.1) is 13.8 Å². The summed E-state index contributed by atoms with van der Waals surface area (Å²) in [6.07, 6.45) is 2.51. The van der Waals surface area contributed by atoms with Gasteiger partial charge in [0.05, 0.1) is 5.69 Å². The lowest BCUT2D eigenvalue weighted by molar-refractivity contribution is -0.131. The first-order valence-corrected chi connectivity index (χ1v) is 7.07. The molecule has 1 aliphatic rings. The van der Waals surface area contributed by atoms with Crippen molar-refractivity contribution in [1.29, 1.82) is 0 Å². The minimum absolute atomic E-state index is 0.292. The molecule has 1 N–H and O–H groups in total. The van der Waals surface area contributed by atoms with Crippen molar-refractivity contribution < 1.29 is 4.79 Å². The molecule has 0 atom stereocenters. The summed E-state index contributed by atoms with van der Waals surface area (Å²) in [5.74, 6) is 0.292. The molecule has 2 rings (SSSR count). The van der Waals surface area contributed by atoms with E-state index in [1.54, 1.807) is 0 Å². The number of aromatic nitrogens is 2. The SMILES string of the molecule is Cc1nn(C)c(C)c1CCCC(=O)N1CCNCC1. The number of carbonyl (C=O) groups excluding carboxylic acids is 1. The van der Waals surface area contributed by atoms with Gasteiger partial charge in [0.25, 0.3) is 0 Å². The molecule has 0 saturated carbocycles. The molecule has 0 spiro atoms. The second kappa shape index (κ2) is 6.19. The number of piperazine rings is 1. The van der Waals surface area contributed by atoms with E-state index in [2.05, 4.69) is 17.3 Å². The molecule has 5 nitrogen and oxygen atoms in total. The molecule has 1 aliphatic heterocycles. The van der Waals surface area contributed by atoms with Crippen molar-refractivity contribution in [2.45, 2.75) is 33.1 Å². The van der Waals surface area contributed by atoms with Crippen LogP contribution in [0.4, 0.5) is 0 Å². The first-order valence-electron chi connectivity index (χ1n) is 7.07. The van der Waals surface area contributed by atoms with Crippen molar-refractivity contribution in [3.63, 3.8) is 0 Å². The molecule has 5 heteroatoms. The molecule has 106 valence electrons. The molecular weight excluding hydrogens is 240 g/mol. The van der Waals surface area contributed by atoms with Crippen molar-refractivity contribution in [1.82, 2.24) is 20.0 Å². The highest BCUT2D eigenvalue weighted by Gasteiger charge is 2.16. The maximum atomic E-state index is 12.0. The third-order valence-corrected chi connectivity index (χ3v) is 3.95. The van der Waals surface area contributed by atoms with E-state index in [4.69, 9.17) is 0 Å². The van der Waals surface area contributed by atoms with E-state index in [-0.39, 0.29) is 0 Å². The summed E-state index contributed by atoms with van der Waals surface area (Å²) in [7, 11) is 1.97. The third kappa shape index (κ3) is 3.35. The minimum atomic E-state index is 0.292. The number of aryl methyl sites for hydroxylation is 2. The lowest BCUT2D eigenvalue weighted by Gasteiger charge is -2.27. The quantitative estimate of drug-likeness (QED) is 0.875. The van der Waals surface area contributed by atoms with Gasteiger partial charge in [-0.15, -0.1) is 0 Å². The van der Waals surface area contributed by atoms with Gasteiger partial charge < -0.3 is 10.2 Å². The monoisotopic (exact) mass is 264 g/mol. The number of nitrogens with zero attached hydrogens (tertiary/aromatic N) is 3. The Morgan fingerprint density at radius 3 is 2.58 bits per heavy atom. The van der Waals surface area contributed by atoms with Gasteiger partial charge in [0, 0.05) is 45.3 Å². The summed E-state index contributed by atoms with van der Waals surface area (Å²) < 4.78 is 1.92. The molecule has 0 unspecified atom stereocenters. The van der Waals surface area contributed by atoms with Gasteiger partial charge in [-0.3, -0.25) is 9.48 Å². The van der Waals surface area contributed by atoms with E-state index >= 15 is 0 Å². The van der Waals surface area contributed by atoms with Crippen LogP contribution in [0.15, 0.2) is 0 Å². The number of nitrogens with one attached hydrogen (secondary N) is 1. The zero-order valence-corrected chi connectivity index (χ0v) is 12.2.